The number of hydrogen-bond donors (Lipinski definition) is 2. The van der Waals surface area contributed by atoms with Gasteiger partial charge in [0.25, 0.3) is 0 Å². The second-order valence-corrected chi connectivity index (χ2v) is 8.32. The lowest BCUT2D eigenvalue weighted by Crippen LogP contribution is -2.28. The zero-order valence-electron chi connectivity index (χ0n) is 16.5. The molecule has 0 radical (unpaired) electrons. The number of imidazole rings is 1. The lowest BCUT2D eigenvalue weighted by molar-refractivity contribution is 0.294. The summed E-state index contributed by atoms with van der Waals surface area (Å²) in [4.78, 5) is 7.30. The molecule has 7 heteroatoms. The lowest BCUT2D eigenvalue weighted by atomic mass is 9.86. The van der Waals surface area contributed by atoms with Crippen molar-refractivity contribution >= 4 is 22.7 Å². The van der Waals surface area contributed by atoms with Gasteiger partial charge in [-0.15, -0.1) is 10.2 Å². The van der Waals surface area contributed by atoms with Crippen LogP contribution in [0.1, 0.15) is 64.1 Å². The van der Waals surface area contributed by atoms with Gasteiger partial charge in [0.1, 0.15) is 16.9 Å². The fraction of sp³-hybridized carbons (Fsp3) is 0.750. The van der Waals surface area contributed by atoms with Crippen LogP contribution in [0, 0.1) is 5.92 Å². The van der Waals surface area contributed by atoms with Crippen molar-refractivity contribution < 1.29 is 0 Å². The highest BCUT2D eigenvalue weighted by Gasteiger charge is 2.26. The molecule has 7 nitrogen and oxygen atoms in total. The van der Waals surface area contributed by atoms with E-state index >= 15 is 0 Å². The first-order valence-corrected chi connectivity index (χ1v) is 10.7. The van der Waals surface area contributed by atoms with Gasteiger partial charge in [0.05, 0.1) is 0 Å². The third-order valence-electron chi connectivity index (χ3n) is 6.25. The molecular weight excluding hydrogens is 338 g/mol. The average Bonchev–Trinajstić information content (AvgIpc) is 3.32. The van der Waals surface area contributed by atoms with Gasteiger partial charge < -0.3 is 20.9 Å². The van der Waals surface area contributed by atoms with Crippen LogP contribution in [0.15, 0.2) is 0 Å². The van der Waals surface area contributed by atoms with E-state index in [1.165, 1.54) is 25.7 Å². The van der Waals surface area contributed by atoms with E-state index < -0.39 is 0 Å². The van der Waals surface area contributed by atoms with E-state index in [-0.39, 0.29) is 0 Å². The Labute approximate surface area is 161 Å². The van der Waals surface area contributed by atoms with Crippen LogP contribution in [0.2, 0.25) is 0 Å². The highest BCUT2D eigenvalue weighted by Crippen LogP contribution is 2.33. The minimum absolute atomic E-state index is 0.377. The van der Waals surface area contributed by atoms with Crippen molar-refractivity contribution in [1.82, 2.24) is 19.7 Å². The predicted molar refractivity (Wildman–Crippen MR) is 110 cm³/mol. The number of aryl methyl sites for hydroxylation is 1. The normalized spacial score (nSPS) is 23.4. The molecule has 1 aliphatic heterocycles. The number of hydrogen-bond acceptors (Lipinski definition) is 6. The van der Waals surface area contributed by atoms with Crippen LogP contribution < -0.4 is 16.4 Å². The number of rotatable bonds is 6. The zero-order valence-corrected chi connectivity index (χ0v) is 16.5. The molecule has 2 fully saturated rings. The summed E-state index contributed by atoms with van der Waals surface area (Å²) in [5, 5.41) is 8.76. The van der Waals surface area contributed by atoms with Gasteiger partial charge in [-0.3, -0.25) is 0 Å². The van der Waals surface area contributed by atoms with Crippen molar-refractivity contribution in [2.45, 2.75) is 77.3 Å². The molecule has 2 aromatic heterocycles. The smallest absolute Gasteiger partial charge is 0.177 e. The van der Waals surface area contributed by atoms with E-state index in [1.807, 2.05) is 0 Å². The fourth-order valence-electron chi connectivity index (χ4n) is 4.59. The van der Waals surface area contributed by atoms with Gasteiger partial charge in [-0.25, -0.2) is 4.98 Å². The molecule has 1 aliphatic carbocycles. The van der Waals surface area contributed by atoms with Gasteiger partial charge in [0, 0.05) is 32.1 Å². The molecule has 3 heterocycles. The molecule has 0 aromatic carbocycles. The largest absolute Gasteiger partial charge is 0.380 e. The Morgan fingerprint density at radius 2 is 1.81 bits per heavy atom. The third kappa shape index (κ3) is 3.74. The number of nitrogens with two attached hydrogens (primary N) is 2. The number of nitrogens with zero attached hydrogens (tertiary/aromatic N) is 5. The number of nitrogen functional groups attached to an aromatic ring is 1. The molecule has 4 N–H and O–H groups in total. The highest BCUT2D eigenvalue weighted by atomic mass is 15.3. The summed E-state index contributed by atoms with van der Waals surface area (Å²) in [6, 6.07) is 0.377. The summed E-state index contributed by atoms with van der Waals surface area (Å²) in [7, 11) is 0. The summed E-state index contributed by atoms with van der Waals surface area (Å²) >= 11 is 0. The summed E-state index contributed by atoms with van der Waals surface area (Å²) in [6.07, 6.45) is 10.4. The van der Waals surface area contributed by atoms with E-state index in [0.717, 1.165) is 74.4 Å². The summed E-state index contributed by atoms with van der Waals surface area (Å²) in [5.74, 6) is 3.22. The molecule has 0 spiro atoms. The molecule has 2 aliphatic rings. The summed E-state index contributed by atoms with van der Waals surface area (Å²) in [5.41, 5.74) is 14.3. The highest BCUT2D eigenvalue weighted by molar-refractivity contribution is 5.93. The van der Waals surface area contributed by atoms with Crippen molar-refractivity contribution in [3.63, 3.8) is 0 Å². The molecule has 2 aromatic rings. The second-order valence-electron chi connectivity index (χ2n) is 8.32. The zero-order chi connectivity index (χ0) is 18.8. The molecule has 0 unspecified atom stereocenters. The predicted octanol–water partition coefficient (Wildman–Crippen LogP) is 2.87. The van der Waals surface area contributed by atoms with Crippen LogP contribution in [0.4, 0.5) is 11.6 Å². The van der Waals surface area contributed by atoms with Crippen molar-refractivity contribution in [1.29, 1.82) is 0 Å². The van der Waals surface area contributed by atoms with Gasteiger partial charge in [-0.2, -0.15) is 0 Å². The fourth-order valence-corrected chi connectivity index (χ4v) is 4.59. The number of aromatic nitrogens is 4. The molecule has 1 saturated carbocycles. The molecule has 1 saturated heterocycles. The maximum Gasteiger partial charge on any atom is 0.177 e. The molecule has 0 bridgehead atoms. The molecule has 4 rings (SSSR count). The van der Waals surface area contributed by atoms with E-state index in [9.17, 15) is 0 Å². The van der Waals surface area contributed by atoms with Gasteiger partial charge in [0.2, 0.25) is 0 Å². The van der Waals surface area contributed by atoms with Gasteiger partial charge in [-0.1, -0.05) is 13.3 Å². The topological polar surface area (TPSA) is 98.9 Å². The Hall–Kier alpha value is -1.89. The quantitative estimate of drug-likeness (QED) is 0.810. The van der Waals surface area contributed by atoms with Crippen molar-refractivity contribution in [2.75, 3.05) is 23.7 Å². The molecule has 148 valence electrons. The van der Waals surface area contributed by atoms with E-state index in [2.05, 4.69) is 26.6 Å². The monoisotopic (exact) mass is 371 g/mol. The second kappa shape index (κ2) is 8.00. The Kier molecular flexibility index (Phi) is 5.48. The third-order valence-corrected chi connectivity index (χ3v) is 6.25. The van der Waals surface area contributed by atoms with Crippen LogP contribution in [0.25, 0.3) is 11.0 Å². The van der Waals surface area contributed by atoms with Crippen LogP contribution in [-0.4, -0.2) is 38.9 Å². The first-order chi connectivity index (χ1) is 13.2. The van der Waals surface area contributed by atoms with Crippen molar-refractivity contribution in [2.24, 2.45) is 11.7 Å². The molecule has 27 heavy (non-hydrogen) atoms. The first-order valence-electron chi connectivity index (χ1n) is 10.7. The average molecular weight is 372 g/mol. The Bertz CT molecular complexity index is 770. The van der Waals surface area contributed by atoms with Crippen LogP contribution >= 0.6 is 0 Å². The molecular formula is C20H33N7. The number of unbranched alkanes of at least 4 members (excludes halogenated alkanes) is 1. The van der Waals surface area contributed by atoms with E-state index in [4.69, 9.17) is 16.5 Å². The van der Waals surface area contributed by atoms with E-state index in [1.54, 1.807) is 0 Å². The minimum atomic E-state index is 0.377. The van der Waals surface area contributed by atoms with Gasteiger partial charge >= 0.3 is 0 Å². The van der Waals surface area contributed by atoms with Gasteiger partial charge in [0.15, 0.2) is 11.6 Å². The Morgan fingerprint density at radius 3 is 2.52 bits per heavy atom. The summed E-state index contributed by atoms with van der Waals surface area (Å²) in [6.45, 7) is 5.31. The standard InChI is InChI=1S/C20H33N7/c1-2-3-6-16-23-17-18(27(16)13-14-7-9-15(21)10-8-14)20(25-24-19(17)22)26-11-4-5-12-26/h14-15H,2-13,21H2,1H3,(H2,22,24). The molecule has 0 atom stereocenters. The van der Waals surface area contributed by atoms with Crippen LogP contribution in [-0.2, 0) is 13.0 Å². The Morgan fingerprint density at radius 1 is 1.07 bits per heavy atom. The van der Waals surface area contributed by atoms with Crippen LogP contribution in [0.3, 0.4) is 0 Å². The van der Waals surface area contributed by atoms with Crippen molar-refractivity contribution in [3.05, 3.63) is 5.82 Å². The number of anilines is 2. The lowest BCUT2D eigenvalue weighted by Gasteiger charge is -2.27. The van der Waals surface area contributed by atoms with E-state index in [0.29, 0.717) is 17.8 Å². The SMILES string of the molecule is CCCCc1nc2c(N)nnc(N3CCCC3)c2n1CC1CCC(N)CC1. The van der Waals surface area contributed by atoms with Crippen LogP contribution in [0.5, 0.6) is 0 Å². The summed E-state index contributed by atoms with van der Waals surface area (Å²) < 4.78 is 2.42. The first kappa shape index (κ1) is 18.5. The van der Waals surface area contributed by atoms with Crippen molar-refractivity contribution in [3.8, 4) is 0 Å². The number of fused-ring (bicyclic) bond motifs is 1. The van der Waals surface area contributed by atoms with Gasteiger partial charge in [-0.05, 0) is 50.9 Å². The minimum Gasteiger partial charge on any atom is -0.380 e. The maximum absolute atomic E-state index is 6.20. The maximum atomic E-state index is 6.20. The Balaban J connectivity index is 1.75. The molecule has 0 amide bonds.